The van der Waals surface area contributed by atoms with Crippen LogP contribution in [-0.4, -0.2) is 30.4 Å². The topological polar surface area (TPSA) is 132 Å². The predicted molar refractivity (Wildman–Crippen MR) is 77.9 cm³/mol. The van der Waals surface area contributed by atoms with Gasteiger partial charge < -0.3 is 15.4 Å². The van der Waals surface area contributed by atoms with Crippen molar-refractivity contribution in [2.24, 2.45) is 7.05 Å². The minimum Gasteiger partial charge on any atom is -0.358 e. The normalized spacial score (nSPS) is 10.3. The van der Waals surface area contributed by atoms with Gasteiger partial charge in [0.15, 0.2) is 0 Å². The first kappa shape index (κ1) is 15.6. The monoisotopic (exact) mass is 367 g/mol. The van der Waals surface area contributed by atoms with E-state index in [1.54, 1.807) is 14.0 Å². The minimum absolute atomic E-state index is 0.222. The van der Waals surface area contributed by atoms with Crippen LogP contribution in [0.15, 0.2) is 10.7 Å². The van der Waals surface area contributed by atoms with Crippen LogP contribution in [0.25, 0.3) is 0 Å². The first-order valence-electron chi connectivity index (χ1n) is 5.94. The maximum absolute atomic E-state index is 12.0. The largest absolute Gasteiger partial charge is 0.404 e. The third-order valence-corrected chi connectivity index (χ3v) is 3.83. The number of rotatable bonds is 4. The summed E-state index contributed by atoms with van der Waals surface area (Å²) < 4.78 is 2.79. The number of aryl methyl sites for hydroxylation is 1. The highest BCUT2D eigenvalue weighted by atomic mass is 79.9. The fraction of sp³-hybridized carbons (Fsp3) is 0.273. The number of hydrogen-bond acceptors (Lipinski definition) is 6. The van der Waals surface area contributed by atoms with Gasteiger partial charge in [0.1, 0.15) is 28.5 Å². The van der Waals surface area contributed by atoms with Crippen LogP contribution in [0.1, 0.15) is 11.3 Å². The molecule has 0 fully saturated rings. The number of carbonyl (C=O) groups is 1. The third-order valence-electron chi connectivity index (χ3n) is 2.90. The van der Waals surface area contributed by atoms with Crippen LogP contribution in [-0.2, 0) is 18.4 Å². The molecule has 0 aromatic carbocycles. The SMILES string of the molecule is Cc1c(Br)c([N+](=O)[O-])nn1CC(=O)Nc1c(C#N)cnn1C. The number of nitro groups is 1. The van der Waals surface area contributed by atoms with Gasteiger partial charge in [-0.2, -0.15) is 15.0 Å². The number of nitriles is 1. The number of halogens is 1. The van der Waals surface area contributed by atoms with E-state index in [2.05, 4.69) is 31.4 Å². The average Bonchev–Trinajstić information content (AvgIpc) is 2.94. The second kappa shape index (κ2) is 5.94. The molecule has 1 amide bonds. The smallest absolute Gasteiger partial charge is 0.358 e. The molecule has 0 unspecified atom stereocenters. The molecule has 0 saturated carbocycles. The quantitative estimate of drug-likeness (QED) is 0.635. The molecule has 22 heavy (non-hydrogen) atoms. The molecule has 0 saturated heterocycles. The summed E-state index contributed by atoms with van der Waals surface area (Å²) in [6.07, 6.45) is 1.33. The summed E-state index contributed by atoms with van der Waals surface area (Å²) in [4.78, 5) is 22.2. The van der Waals surface area contributed by atoms with Crippen LogP contribution in [0.5, 0.6) is 0 Å². The molecule has 0 aliphatic carbocycles. The lowest BCUT2D eigenvalue weighted by atomic mass is 10.3. The van der Waals surface area contributed by atoms with E-state index in [0.717, 1.165) is 0 Å². The van der Waals surface area contributed by atoms with Crippen LogP contribution in [0.2, 0.25) is 0 Å². The lowest BCUT2D eigenvalue weighted by Gasteiger charge is -2.05. The average molecular weight is 368 g/mol. The van der Waals surface area contributed by atoms with Gasteiger partial charge in [-0.25, -0.2) is 0 Å². The number of nitrogens with zero attached hydrogens (tertiary/aromatic N) is 6. The Bertz CT molecular complexity index is 801. The van der Waals surface area contributed by atoms with Crippen LogP contribution in [0.4, 0.5) is 11.6 Å². The number of nitrogens with one attached hydrogen (secondary N) is 1. The number of amides is 1. The lowest BCUT2D eigenvalue weighted by Crippen LogP contribution is -2.22. The van der Waals surface area contributed by atoms with Crippen molar-refractivity contribution in [3.05, 3.63) is 32.0 Å². The molecule has 2 rings (SSSR count). The highest BCUT2D eigenvalue weighted by molar-refractivity contribution is 9.10. The van der Waals surface area contributed by atoms with E-state index < -0.39 is 10.8 Å². The molecule has 1 N–H and O–H groups in total. The molecule has 2 aromatic rings. The van der Waals surface area contributed by atoms with Crippen molar-refractivity contribution in [2.45, 2.75) is 13.5 Å². The zero-order valence-corrected chi connectivity index (χ0v) is 13.2. The summed E-state index contributed by atoms with van der Waals surface area (Å²) in [6.45, 7) is 1.37. The number of aromatic nitrogens is 4. The zero-order chi connectivity index (χ0) is 16.4. The second-order valence-corrected chi connectivity index (χ2v) is 5.12. The van der Waals surface area contributed by atoms with E-state index in [0.29, 0.717) is 5.69 Å². The van der Waals surface area contributed by atoms with Crippen molar-refractivity contribution in [2.75, 3.05) is 5.32 Å². The number of anilines is 1. The Hall–Kier alpha value is -2.74. The Morgan fingerprint density at radius 1 is 1.64 bits per heavy atom. The van der Waals surface area contributed by atoms with Crippen LogP contribution in [0.3, 0.4) is 0 Å². The van der Waals surface area contributed by atoms with Crippen LogP contribution < -0.4 is 5.32 Å². The van der Waals surface area contributed by atoms with E-state index in [1.807, 2.05) is 6.07 Å². The maximum Gasteiger partial charge on any atom is 0.404 e. The van der Waals surface area contributed by atoms with Gasteiger partial charge in [0.25, 0.3) is 0 Å². The summed E-state index contributed by atoms with van der Waals surface area (Å²) in [6, 6.07) is 1.91. The molecule has 2 aromatic heterocycles. The fourth-order valence-electron chi connectivity index (χ4n) is 1.75. The highest BCUT2D eigenvalue weighted by Crippen LogP contribution is 2.26. The molecule has 0 bridgehead atoms. The summed E-state index contributed by atoms with van der Waals surface area (Å²) in [5, 5.41) is 29.9. The van der Waals surface area contributed by atoms with E-state index in [4.69, 9.17) is 5.26 Å². The van der Waals surface area contributed by atoms with Gasteiger partial charge in [-0.05, 0) is 27.8 Å². The Kier molecular flexibility index (Phi) is 4.22. The zero-order valence-electron chi connectivity index (χ0n) is 11.6. The summed E-state index contributed by atoms with van der Waals surface area (Å²) in [5.41, 5.74) is 0.674. The second-order valence-electron chi connectivity index (χ2n) is 4.33. The summed E-state index contributed by atoms with van der Waals surface area (Å²) in [7, 11) is 1.58. The van der Waals surface area contributed by atoms with Gasteiger partial charge in [-0.15, -0.1) is 0 Å². The number of carbonyl (C=O) groups excluding carboxylic acids is 1. The Labute approximate surface area is 132 Å². The third kappa shape index (κ3) is 2.82. The highest BCUT2D eigenvalue weighted by Gasteiger charge is 2.25. The molecule has 11 heteroatoms. The molecule has 0 aliphatic rings. The molecular weight excluding hydrogens is 358 g/mol. The fourth-order valence-corrected chi connectivity index (χ4v) is 2.18. The molecule has 10 nitrogen and oxygen atoms in total. The van der Waals surface area contributed by atoms with E-state index in [1.165, 1.54) is 15.6 Å². The first-order chi connectivity index (χ1) is 10.3. The van der Waals surface area contributed by atoms with E-state index in [-0.39, 0.29) is 28.2 Å². The van der Waals surface area contributed by atoms with E-state index >= 15 is 0 Å². The summed E-state index contributed by atoms with van der Waals surface area (Å²) in [5.74, 6) is -0.581. The maximum atomic E-state index is 12.0. The lowest BCUT2D eigenvalue weighted by molar-refractivity contribution is -0.390. The van der Waals surface area contributed by atoms with Gasteiger partial charge in [0, 0.05) is 7.05 Å². The van der Waals surface area contributed by atoms with Gasteiger partial charge in [0.05, 0.1) is 17.0 Å². The van der Waals surface area contributed by atoms with Gasteiger partial charge >= 0.3 is 5.82 Å². The predicted octanol–water partition coefficient (Wildman–Crippen LogP) is 1.11. The van der Waals surface area contributed by atoms with Crippen molar-refractivity contribution in [1.82, 2.24) is 19.6 Å². The molecule has 0 atom stereocenters. The Morgan fingerprint density at radius 3 is 2.86 bits per heavy atom. The van der Waals surface area contributed by atoms with E-state index in [9.17, 15) is 14.9 Å². The van der Waals surface area contributed by atoms with Crippen molar-refractivity contribution in [3.63, 3.8) is 0 Å². The van der Waals surface area contributed by atoms with Crippen LogP contribution in [0, 0.1) is 28.4 Å². The van der Waals surface area contributed by atoms with Crippen molar-refractivity contribution < 1.29 is 9.72 Å². The molecule has 2 heterocycles. The van der Waals surface area contributed by atoms with Gasteiger partial charge in [-0.1, -0.05) is 0 Å². The van der Waals surface area contributed by atoms with Gasteiger partial charge in [0.2, 0.25) is 5.91 Å². The molecule has 0 radical (unpaired) electrons. The molecular formula is C11H10BrN7O3. The summed E-state index contributed by atoms with van der Waals surface area (Å²) >= 11 is 3.07. The molecule has 0 aliphatic heterocycles. The molecule has 114 valence electrons. The minimum atomic E-state index is -0.639. The molecule has 0 spiro atoms. The van der Waals surface area contributed by atoms with Crippen molar-refractivity contribution >= 4 is 33.5 Å². The van der Waals surface area contributed by atoms with Crippen molar-refractivity contribution in [3.8, 4) is 6.07 Å². The van der Waals surface area contributed by atoms with Crippen molar-refractivity contribution in [1.29, 1.82) is 5.26 Å². The van der Waals surface area contributed by atoms with Gasteiger partial charge in [-0.3, -0.25) is 9.48 Å². The first-order valence-corrected chi connectivity index (χ1v) is 6.73. The standard InChI is InChI=1S/C11H10BrN7O3/c1-6-9(12)11(19(21)22)16-18(6)5-8(20)15-10-7(3-13)4-14-17(10)2/h4H,5H2,1-2H3,(H,15,20). The Balaban J connectivity index is 2.20. The van der Waals surface area contributed by atoms with Crippen LogP contribution >= 0.6 is 15.9 Å². The Morgan fingerprint density at radius 2 is 2.32 bits per heavy atom. The number of hydrogen-bond donors (Lipinski definition) is 1.